The first-order chi connectivity index (χ1) is 13.3. The van der Waals surface area contributed by atoms with Crippen molar-refractivity contribution in [2.75, 3.05) is 11.9 Å². The third kappa shape index (κ3) is 4.45. The topological polar surface area (TPSA) is 90.6 Å². The summed E-state index contributed by atoms with van der Waals surface area (Å²) in [6.45, 7) is 3.10. The van der Waals surface area contributed by atoms with Crippen molar-refractivity contribution in [1.82, 2.24) is 29.9 Å². The monoisotopic (exact) mass is 379 g/mol. The molecule has 0 bridgehead atoms. The molecule has 4 rings (SSSR count). The molecule has 3 heterocycles. The first-order valence-electron chi connectivity index (χ1n) is 8.34. The maximum Gasteiger partial charge on any atom is 0.230 e. The van der Waals surface area contributed by atoms with Crippen molar-refractivity contribution in [2.45, 2.75) is 13.5 Å². The summed E-state index contributed by atoms with van der Waals surface area (Å²) in [5.74, 6) is 0.983. The third-order valence-corrected chi connectivity index (χ3v) is 4.54. The fourth-order valence-electron chi connectivity index (χ4n) is 2.56. The summed E-state index contributed by atoms with van der Waals surface area (Å²) in [5.41, 5.74) is 5.00. The van der Waals surface area contributed by atoms with Crippen molar-refractivity contribution in [1.29, 1.82) is 0 Å². The molecule has 0 radical (unpaired) electrons. The molecule has 0 unspecified atom stereocenters. The molecule has 4 aromatic rings. The summed E-state index contributed by atoms with van der Waals surface area (Å²) >= 11 is 1.61. The zero-order chi connectivity index (χ0) is 18.5. The van der Waals surface area contributed by atoms with Crippen LogP contribution in [0.3, 0.4) is 0 Å². The molecule has 0 aliphatic heterocycles. The van der Waals surface area contributed by atoms with E-state index in [4.69, 9.17) is 4.74 Å². The first kappa shape index (κ1) is 17.1. The highest BCUT2D eigenvalue weighted by molar-refractivity contribution is 7.13. The SMILES string of the molecule is Cc1cc(Nc2nccc(OCCn3ccnn3)n2)cc(-c2cncs2)c1. The highest BCUT2D eigenvalue weighted by Crippen LogP contribution is 2.28. The zero-order valence-electron chi connectivity index (χ0n) is 14.6. The lowest BCUT2D eigenvalue weighted by Gasteiger charge is -2.10. The quantitative estimate of drug-likeness (QED) is 0.527. The van der Waals surface area contributed by atoms with Crippen LogP contribution in [0, 0.1) is 6.92 Å². The van der Waals surface area contributed by atoms with Crippen molar-refractivity contribution >= 4 is 23.0 Å². The largest absolute Gasteiger partial charge is 0.476 e. The number of nitrogens with one attached hydrogen (secondary N) is 1. The summed E-state index contributed by atoms with van der Waals surface area (Å²) in [5, 5.41) is 10.9. The molecule has 9 heteroatoms. The van der Waals surface area contributed by atoms with Crippen molar-refractivity contribution in [2.24, 2.45) is 0 Å². The predicted octanol–water partition coefficient (Wildman–Crippen LogP) is 3.32. The Bertz CT molecular complexity index is 1000. The fourth-order valence-corrected chi connectivity index (χ4v) is 3.17. The van der Waals surface area contributed by atoms with Crippen LogP contribution < -0.4 is 10.1 Å². The van der Waals surface area contributed by atoms with Crippen LogP contribution in [0.2, 0.25) is 0 Å². The van der Waals surface area contributed by atoms with E-state index < -0.39 is 0 Å². The summed E-state index contributed by atoms with van der Waals surface area (Å²) in [6, 6.07) is 7.96. The van der Waals surface area contributed by atoms with Crippen LogP contribution in [0.1, 0.15) is 5.56 Å². The molecule has 0 amide bonds. The van der Waals surface area contributed by atoms with Gasteiger partial charge in [-0.25, -0.2) is 9.67 Å². The molecular weight excluding hydrogens is 362 g/mol. The molecule has 0 atom stereocenters. The fraction of sp³-hybridized carbons (Fsp3) is 0.167. The van der Waals surface area contributed by atoms with Crippen LogP contribution in [0.4, 0.5) is 11.6 Å². The molecule has 0 spiro atoms. The number of aryl methyl sites for hydroxylation is 1. The molecule has 0 aliphatic carbocycles. The molecule has 3 aromatic heterocycles. The van der Waals surface area contributed by atoms with E-state index in [1.807, 2.05) is 17.8 Å². The smallest absolute Gasteiger partial charge is 0.230 e. The van der Waals surface area contributed by atoms with Gasteiger partial charge >= 0.3 is 0 Å². The number of hydrogen-bond donors (Lipinski definition) is 1. The van der Waals surface area contributed by atoms with Gasteiger partial charge in [0, 0.05) is 30.3 Å². The van der Waals surface area contributed by atoms with E-state index in [2.05, 4.69) is 49.6 Å². The minimum absolute atomic E-state index is 0.444. The Balaban J connectivity index is 1.45. The average Bonchev–Trinajstić information content (AvgIpc) is 3.36. The lowest BCUT2D eigenvalue weighted by Crippen LogP contribution is -2.10. The van der Waals surface area contributed by atoms with Crippen LogP contribution in [0.15, 0.2) is 54.6 Å². The molecule has 0 saturated carbocycles. The standard InChI is InChI=1S/C18H17N7OS/c1-13-8-14(16-11-19-12-27-16)10-15(9-13)22-18-20-3-2-17(23-18)26-7-6-25-5-4-21-24-25/h2-5,8-12H,6-7H2,1H3,(H,20,22,23). The van der Waals surface area contributed by atoms with Gasteiger partial charge < -0.3 is 10.1 Å². The Hall–Kier alpha value is -3.33. The maximum absolute atomic E-state index is 5.68. The number of ether oxygens (including phenoxy) is 1. The number of thiazole rings is 1. The highest BCUT2D eigenvalue weighted by Gasteiger charge is 2.06. The first-order valence-corrected chi connectivity index (χ1v) is 9.22. The van der Waals surface area contributed by atoms with E-state index in [0.29, 0.717) is 25.0 Å². The van der Waals surface area contributed by atoms with Crippen molar-refractivity contribution in [3.05, 3.63) is 60.1 Å². The van der Waals surface area contributed by atoms with Gasteiger partial charge in [0.2, 0.25) is 11.8 Å². The minimum Gasteiger partial charge on any atom is -0.476 e. The van der Waals surface area contributed by atoms with Gasteiger partial charge in [-0.2, -0.15) is 4.98 Å². The predicted molar refractivity (Wildman–Crippen MR) is 103 cm³/mol. The second-order valence-electron chi connectivity index (χ2n) is 5.81. The van der Waals surface area contributed by atoms with Gasteiger partial charge in [-0.15, -0.1) is 16.4 Å². The molecule has 0 fully saturated rings. The van der Waals surface area contributed by atoms with E-state index in [-0.39, 0.29) is 0 Å². The summed E-state index contributed by atoms with van der Waals surface area (Å²) < 4.78 is 7.38. The Morgan fingerprint density at radius 2 is 2.19 bits per heavy atom. The number of nitrogens with zero attached hydrogens (tertiary/aromatic N) is 6. The van der Waals surface area contributed by atoms with Gasteiger partial charge in [-0.05, 0) is 30.2 Å². The van der Waals surface area contributed by atoms with E-state index >= 15 is 0 Å². The zero-order valence-corrected chi connectivity index (χ0v) is 15.4. The van der Waals surface area contributed by atoms with Gasteiger partial charge in [-0.1, -0.05) is 11.3 Å². The Kier molecular flexibility index (Phi) is 5.01. The van der Waals surface area contributed by atoms with Crippen molar-refractivity contribution in [3.8, 4) is 16.3 Å². The van der Waals surface area contributed by atoms with Gasteiger partial charge in [0.25, 0.3) is 0 Å². The second kappa shape index (κ2) is 7.92. The molecule has 8 nitrogen and oxygen atoms in total. The number of aromatic nitrogens is 6. The Morgan fingerprint density at radius 1 is 1.22 bits per heavy atom. The molecule has 1 N–H and O–H groups in total. The van der Waals surface area contributed by atoms with Gasteiger partial charge in [0.05, 0.1) is 23.1 Å². The lowest BCUT2D eigenvalue weighted by atomic mass is 10.1. The van der Waals surface area contributed by atoms with Crippen LogP contribution in [-0.2, 0) is 6.54 Å². The molecule has 136 valence electrons. The van der Waals surface area contributed by atoms with Gasteiger partial charge in [0.1, 0.15) is 6.61 Å². The normalized spacial score (nSPS) is 10.7. The van der Waals surface area contributed by atoms with Gasteiger partial charge in [-0.3, -0.25) is 4.98 Å². The van der Waals surface area contributed by atoms with Crippen LogP contribution >= 0.6 is 11.3 Å². The lowest BCUT2D eigenvalue weighted by molar-refractivity contribution is 0.279. The third-order valence-electron chi connectivity index (χ3n) is 3.72. The molecule has 1 aromatic carbocycles. The Morgan fingerprint density at radius 3 is 3.00 bits per heavy atom. The van der Waals surface area contributed by atoms with Crippen LogP contribution in [0.5, 0.6) is 5.88 Å². The van der Waals surface area contributed by atoms with E-state index in [0.717, 1.165) is 21.7 Å². The molecule has 27 heavy (non-hydrogen) atoms. The molecule has 0 aliphatic rings. The molecule has 0 saturated heterocycles. The highest BCUT2D eigenvalue weighted by atomic mass is 32.1. The molecular formula is C18H17N7OS. The summed E-state index contributed by atoms with van der Waals surface area (Å²) in [7, 11) is 0. The van der Waals surface area contributed by atoms with E-state index in [9.17, 15) is 0 Å². The second-order valence-corrected chi connectivity index (χ2v) is 6.70. The van der Waals surface area contributed by atoms with Crippen molar-refractivity contribution < 1.29 is 4.74 Å². The number of hydrogen-bond acceptors (Lipinski definition) is 8. The van der Waals surface area contributed by atoms with Crippen LogP contribution in [0.25, 0.3) is 10.4 Å². The summed E-state index contributed by atoms with van der Waals surface area (Å²) in [4.78, 5) is 14.0. The number of benzene rings is 1. The van der Waals surface area contributed by atoms with Crippen LogP contribution in [-0.4, -0.2) is 36.6 Å². The number of anilines is 2. The minimum atomic E-state index is 0.444. The van der Waals surface area contributed by atoms with Crippen molar-refractivity contribution in [3.63, 3.8) is 0 Å². The maximum atomic E-state index is 5.68. The average molecular weight is 379 g/mol. The summed E-state index contributed by atoms with van der Waals surface area (Å²) in [6.07, 6.45) is 6.95. The van der Waals surface area contributed by atoms with Gasteiger partial charge in [0.15, 0.2) is 0 Å². The van der Waals surface area contributed by atoms with E-state index in [1.165, 1.54) is 0 Å². The number of rotatable bonds is 7. The Labute approximate surface area is 159 Å². The van der Waals surface area contributed by atoms with E-state index in [1.54, 1.807) is 40.7 Å².